The Kier molecular flexibility index (Phi) is 52.4. The molecular formula is C115H118O18. The number of benzene rings is 6. The van der Waals surface area contributed by atoms with Gasteiger partial charge in [-0.2, -0.15) is 0 Å². The minimum atomic E-state index is -1.53. The van der Waals surface area contributed by atoms with E-state index < -0.39 is 42.7 Å². The van der Waals surface area contributed by atoms with Gasteiger partial charge in [-0.15, -0.1) is 0 Å². The number of carboxylic acids is 4. The molecule has 5 atom stereocenters. The van der Waals surface area contributed by atoms with E-state index >= 15 is 0 Å². The lowest BCUT2D eigenvalue weighted by atomic mass is 9.92. The highest BCUT2D eigenvalue weighted by Crippen LogP contribution is 2.30. The summed E-state index contributed by atoms with van der Waals surface area (Å²) in [5.74, 6) is -2.72. The molecule has 0 bridgehead atoms. The summed E-state index contributed by atoms with van der Waals surface area (Å²) in [6.07, 6.45) is 81.1. The van der Waals surface area contributed by atoms with Crippen molar-refractivity contribution in [2.45, 2.75) is 71.7 Å². The van der Waals surface area contributed by atoms with Gasteiger partial charge in [0.05, 0.1) is 24.0 Å². The highest BCUT2D eigenvalue weighted by molar-refractivity contribution is 5.96. The Morgan fingerprint density at radius 1 is 0.406 bits per heavy atom. The van der Waals surface area contributed by atoms with Gasteiger partial charge in [-0.05, 0) is 154 Å². The number of hydrogen-bond donors (Lipinski definition) is 9. The first kappa shape index (κ1) is 110. The van der Waals surface area contributed by atoms with E-state index in [1.54, 1.807) is 105 Å². The van der Waals surface area contributed by atoms with Crippen molar-refractivity contribution >= 4 is 96.6 Å². The fourth-order valence-electron chi connectivity index (χ4n) is 12.0. The zero-order valence-corrected chi connectivity index (χ0v) is 75.5. The molecule has 0 saturated carbocycles. The maximum absolute atomic E-state index is 11.9. The standard InChI is InChI=1S/C46H44O6.C25H28O2.C24H26O4.C10H10O2.C9H8O2.CH2O2/c1-31(47)37-17-5-33(6-18-37)13-25-41-29-43(27-15-35-9-21-39(22-10-35)45(49)51-3)44(28-16-36-11-23-40(24-12-36)46(50)52-4)30-42(41)26-14-34-7-19-38(20-8-34)32(2)48;1-4-11-22(13-10-8-6-7-9-12-21(3)5-2)14-15-23-16-18-24(19-17-23)20-25(26)27;1-3-10-19(13-14-20-15-17-22(18-16-20)24(27)28)11-8-6-5-7-9-12-21(4-2)23(25)26;1-2-8-3-5-9(6-4-8)7-10(11)12;1-2-7-3-5-8(6-4-7)9(10)11;2-1-3/h5-7,9-30,34,45-46,49-50H,8H2,1-4H3;4-16,18-19,23H,1-2,17,20H2,3H3,(H,26,27);3-15,17-18,20,23,25-26H,1-2,16H2,(H,27,28);2-6H,1,7H2,(H,11,12);2-6H,1H2,(H,10,11);1H,(H,2,3)/b25-13+,26-14+,27-15+,28-16+;8-6+,9-7+,13-10+,15-14+,21-12-,22-11+;6-5+,9-7+,11-8+,14-13+,19-10+,21-12+;;;. The summed E-state index contributed by atoms with van der Waals surface area (Å²) in [5, 5.41) is 79.8. The fraction of sp³-hybridized carbons (Fsp3) is 0.139. The van der Waals surface area contributed by atoms with E-state index in [0.29, 0.717) is 39.8 Å². The van der Waals surface area contributed by atoms with Gasteiger partial charge < -0.3 is 55.4 Å². The summed E-state index contributed by atoms with van der Waals surface area (Å²) in [6.45, 7) is 26.7. The number of allylic oxidation sites excluding steroid dienone is 36. The lowest BCUT2D eigenvalue weighted by Crippen LogP contribution is -2.05. The van der Waals surface area contributed by atoms with Crippen LogP contribution in [0.5, 0.6) is 0 Å². The van der Waals surface area contributed by atoms with Crippen LogP contribution >= 0.6 is 0 Å². The summed E-state index contributed by atoms with van der Waals surface area (Å²) in [5.41, 5.74) is 17.3. The molecule has 5 unspecified atom stereocenters. The molecule has 686 valence electrons. The monoisotopic (exact) mass is 1790 g/mol. The quantitative estimate of drug-likeness (QED) is 0.00569. The third kappa shape index (κ3) is 44.9. The van der Waals surface area contributed by atoms with Gasteiger partial charge in [-0.1, -0.05) is 416 Å². The van der Waals surface area contributed by atoms with Crippen molar-refractivity contribution in [3.8, 4) is 0 Å². The second-order valence-electron chi connectivity index (χ2n) is 29.4. The number of carboxylic acid groups (broad SMARTS) is 5. The number of ketones is 2. The van der Waals surface area contributed by atoms with Crippen LogP contribution in [0, 0.1) is 17.8 Å². The van der Waals surface area contributed by atoms with Crippen LogP contribution in [0.2, 0.25) is 0 Å². The first-order valence-electron chi connectivity index (χ1n) is 42.3. The summed E-state index contributed by atoms with van der Waals surface area (Å²) < 4.78 is 10.1. The zero-order chi connectivity index (χ0) is 97.7. The first-order chi connectivity index (χ1) is 64.0. The molecule has 0 aliphatic heterocycles. The van der Waals surface area contributed by atoms with Crippen LogP contribution in [-0.4, -0.2) is 108 Å². The van der Waals surface area contributed by atoms with Gasteiger partial charge >= 0.3 is 23.9 Å². The van der Waals surface area contributed by atoms with Gasteiger partial charge in [0.1, 0.15) is 0 Å². The van der Waals surface area contributed by atoms with Crippen molar-refractivity contribution in [2.75, 3.05) is 14.2 Å². The predicted molar refractivity (Wildman–Crippen MR) is 542 cm³/mol. The van der Waals surface area contributed by atoms with Crippen LogP contribution < -0.4 is 0 Å². The number of carbonyl (C=O) groups is 7. The molecule has 3 aliphatic rings. The van der Waals surface area contributed by atoms with Gasteiger partial charge in [-0.25, -0.2) is 9.59 Å². The molecular weight excluding hydrogens is 1670 g/mol. The third-order valence-corrected chi connectivity index (χ3v) is 19.5. The molecule has 0 fully saturated rings. The largest absolute Gasteiger partial charge is 0.483 e. The highest BCUT2D eigenvalue weighted by Gasteiger charge is 2.15. The number of aromatic carboxylic acids is 1. The zero-order valence-electron chi connectivity index (χ0n) is 75.5. The van der Waals surface area contributed by atoms with Crippen LogP contribution in [0.25, 0.3) is 54.7 Å². The van der Waals surface area contributed by atoms with Crippen LogP contribution in [0.1, 0.15) is 147 Å². The van der Waals surface area contributed by atoms with Gasteiger partial charge in [0.15, 0.2) is 30.4 Å². The van der Waals surface area contributed by atoms with E-state index in [1.165, 1.54) is 20.3 Å². The Balaban J connectivity index is 0.000000386. The van der Waals surface area contributed by atoms with E-state index in [9.17, 15) is 39.0 Å². The number of Topliss-reactive ketones (excluding diaryl/α,β-unsaturated/α-hetero) is 2. The topological polar surface area (TPSA) is 320 Å². The van der Waals surface area contributed by atoms with Gasteiger partial charge in [0.2, 0.25) is 0 Å². The Morgan fingerprint density at radius 3 is 1.17 bits per heavy atom. The number of methoxy groups -OCH3 is 2. The number of hydrogen-bond acceptors (Lipinski definition) is 13. The molecule has 0 radical (unpaired) electrons. The third-order valence-electron chi connectivity index (χ3n) is 19.5. The fourth-order valence-corrected chi connectivity index (χ4v) is 12.0. The molecule has 133 heavy (non-hydrogen) atoms. The van der Waals surface area contributed by atoms with E-state index in [4.69, 9.17) is 50.0 Å². The molecule has 0 amide bonds. The van der Waals surface area contributed by atoms with Crippen LogP contribution in [0.15, 0.2) is 419 Å². The normalized spacial score (nSPS) is 15.6. The van der Waals surface area contributed by atoms with Crippen molar-refractivity contribution in [3.63, 3.8) is 0 Å². The molecule has 0 saturated heterocycles. The van der Waals surface area contributed by atoms with Crippen molar-refractivity contribution < 1.29 is 89.0 Å². The summed E-state index contributed by atoms with van der Waals surface area (Å²) in [6, 6.07) is 40.8. The van der Waals surface area contributed by atoms with E-state index in [-0.39, 0.29) is 48.6 Å². The molecule has 9 rings (SSSR count). The molecule has 6 aromatic carbocycles. The maximum atomic E-state index is 11.9. The number of aliphatic hydroxyl groups excluding tert-OH is 3. The van der Waals surface area contributed by atoms with E-state index in [0.717, 1.165) is 96.3 Å². The molecule has 0 aromatic heterocycles. The molecule has 3 aliphatic carbocycles. The molecule has 0 heterocycles. The summed E-state index contributed by atoms with van der Waals surface area (Å²) in [4.78, 5) is 74.4. The average Bonchev–Trinajstić information content (AvgIpc) is 0.812. The lowest BCUT2D eigenvalue weighted by molar-refractivity contribution is -0.137. The smallest absolute Gasteiger partial charge is 0.335 e. The van der Waals surface area contributed by atoms with Crippen molar-refractivity contribution in [2.24, 2.45) is 17.8 Å². The van der Waals surface area contributed by atoms with Crippen LogP contribution in [0.3, 0.4) is 0 Å². The minimum Gasteiger partial charge on any atom is -0.483 e. The van der Waals surface area contributed by atoms with Gasteiger partial charge in [0.25, 0.3) is 6.47 Å². The number of aliphatic hydroxyl groups is 4. The van der Waals surface area contributed by atoms with Crippen molar-refractivity contribution in [1.29, 1.82) is 0 Å². The van der Waals surface area contributed by atoms with E-state index in [2.05, 4.69) is 100 Å². The van der Waals surface area contributed by atoms with Crippen molar-refractivity contribution in [3.05, 3.63) is 496 Å². The first-order valence-corrected chi connectivity index (χ1v) is 42.3. The average molecular weight is 1790 g/mol. The second-order valence-corrected chi connectivity index (χ2v) is 29.4. The number of ether oxygens (including phenoxy) is 2. The molecule has 9 N–H and O–H groups in total. The minimum absolute atomic E-state index is 0.0260. The van der Waals surface area contributed by atoms with Crippen molar-refractivity contribution in [1.82, 2.24) is 0 Å². The van der Waals surface area contributed by atoms with Gasteiger partial charge in [-0.3, -0.25) is 24.0 Å². The summed E-state index contributed by atoms with van der Waals surface area (Å²) >= 11 is 0. The van der Waals surface area contributed by atoms with Gasteiger partial charge in [0, 0.05) is 42.1 Å². The van der Waals surface area contributed by atoms with Crippen LogP contribution in [-0.2, 0) is 39.9 Å². The Labute approximate surface area is 781 Å². The SMILES string of the molecule is C=C/C=C(\C=C\C=C\C=C\C=C(/C=C)C(O)O)/C=C/C1C=CC(C(=O)O)=CC1.C=C/C=C(\C=C\C=C\C=C\C=C(\C)C=C)/C=C/C1C=CC(CC(=O)O)=CC1.C=Cc1ccc(C(=O)O)cc1.C=Cc1ccc(CC(=O)O)cc1.COC(O)c1ccc(/C=C/c2cc(/C=C/c3ccc(C(C)=O)cc3)c(/C=C/C3C=CC(C(C)=O)=CC3)cc2/C=C/c2ccc(C(O)OC)cc2)cc1.O=CO. The van der Waals surface area contributed by atoms with E-state index in [1.807, 2.05) is 244 Å². The molecule has 6 aromatic rings. The Hall–Kier alpha value is -15.5. The number of rotatable bonds is 39. The Morgan fingerprint density at radius 2 is 0.797 bits per heavy atom. The molecule has 18 nitrogen and oxygen atoms in total. The Bertz CT molecular complexity index is 5650. The molecule has 18 heteroatoms. The number of aliphatic carboxylic acids is 3. The molecule has 0 spiro atoms. The maximum Gasteiger partial charge on any atom is 0.335 e. The lowest BCUT2D eigenvalue weighted by Gasteiger charge is -2.13. The van der Waals surface area contributed by atoms with Crippen LogP contribution in [0.4, 0.5) is 0 Å². The summed E-state index contributed by atoms with van der Waals surface area (Å²) in [7, 11) is 2.93. The predicted octanol–water partition coefficient (Wildman–Crippen LogP) is 24.2. The second kappa shape index (κ2) is 63.4. The highest BCUT2D eigenvalue weighted by atomic mass is 16.6. The number of carbonyl (C=O) groups excluding carboxylic acids is 2.